The van der Waals surface area contributed by atoms with E-state index in [4.69, 9.17) is 0 Å². The molecule has 4 atom stereocenters. The Labute approximate surface area is 245 Å². The number of hydrogen-bond acceptors (Lipinski definition) is 5. The standard InChI is InChI=1S/C31H38F3N3O4S/c1-4-16-36(21(2)3)25-13-14-28(23(19-25)20-42(40,41)26-11-6-5-7-12-26)37-17-15-27(30(37)39)35-29(38)22-9-8-10-24(18-22)31(32,33)34/h4-12,18,21,23,25,27-28H,1,13-17,19-20H2,2-3H3,(H,35,38)/t23-,25+,27-,28-/m0/s1. The molecule has 1 aliphatic heterocycles. The lowest BCUT2D eigenvalue weighted by Gasteiger charge is -2.45. The van der Waals surface area contributed by atoms with Crippen LogP contribution in [0.2, 0.25) is 0 Å². The van der Waals surface area contributed by atoms with E-state index in [-0.39, 0.29) is 52.6 Å². The van der Waals surface area contributed by atoms with E-state index in [0.717, 1.165) is 24.6 Å². The van der Waals surface area contributed by atoms with Crippen molar-refractivity contribution in [2.24, 2.45) is 5.92 Å². The summed E-state index contributed by atoms with van der Waals surface area (Å²) in [7, 11) is -3.64. The van der Waals surface area contributed by atoms with Gasteiger partial charge in [-0.2, -0.15) is 13.2 Å². The highest BCUT2D eigenvalue weighted by atomic mass is 32.2. The van der Waals surface area contributed by atoms with Crippen molar-refractivity contribution < 1.29 is 31.2 Å². The summed E-state index contributed by atoms with van der Waals surface area (Å²) in [5, 5.41) is 2.61. The number of amides is 2. The molecule has 1 saturated heterocycles. The molecule has 42 heavy (non-hydrogen) atoms. The first-order valence-electron chi connectivity index (χ1n) is 14.2. The molecule has 1 N–H and O–H groups in total. The molecular formula is C31H38F3N3O4S. The minimum absolute atomic E-state index is 0.115. The molecule has 2 aromatic rings. The Kier molecular flexibility index (Phi) is 9.82. The number of likely N-dealkylation sites (tertiary alicyclic amines) is 1. The van der Waals surface area contributed by atoms with Gasteiger partial charge in [0.2, 0.25) is 5.91 Å². The molecule has 4 rings (SSSR count). The van der Waals surface area contributed by atoms with Crippen LogP contribution in [0.1, 0.15) is 55.5 Å². The van der Waals surface area contributed by atoms with Gasteiger partial charge in [-0.25, -0.2) is 8.42 Å². The van der Waals surface area contributed by atoms with Crippen molar-refractivity contribution in [3.05, 3.63) is 78.4 Å². The molecule has 2 fully saturated rings. The van der Waals surface area contributed by atoms with Gasteiger partial charge in [-0.15, -0.1) is 6.58 Å². The highest BCUT2D eigenvalue weighted by Crippen LogP contribution is 2.36. The van der Waals surface area contributed by atoms with Crippen molar-refractivity contribution in [2.75, 3.05) is 18.8 Å². The minimum Gasteiger partial charge on any atom is -0.340 e. The lowest BCUT2D eigenvalue weighted by atomic mass is 9.80. The maximum Gasteiger partial charge on any atom is 0.416 e. The smallest absolute Gasteiger partial charge is 0.340 e. The quantitative estimate of drug-likeness (QED) is 0.388. The SMILES string of the molecule is C=CCN(C(C)C)[C@@H]1CC[C@H](N2CC[C@H](NC(=O)c3cccc(C(F)(F)F)c3)C2=O)[C@H](CS(=O)(=O)c2ccccc2)C1. The fourth-order valence-corrected chi connectivity index (χ4v) is 7.98. The lowest BCUT2D eigenvalue weighted by molar-refractivity contribution is -0.137. The summed E-state index contributed by atoms with van der Waals surface area (Å²) < 4.78 is 66.4. The van der Waals surface area contributed by atoms with Crippen LogP contribution in [0.15, 0.2) is 72.1 Å². The van der Waals surface area contributed by atoms with Gasteiger partial charge < -0.3 is 10.2 Å². The molecule has 228 valence electrons. The predicted octanol–water partition coefficient (Wildman–Crippen LogP) is 4.94. The van der Waals surface area contributed by atoms with Crippen molar-refractivity contribution in [3.8, 4) is 0 Å². The van der Waals surface area contributed by atoms with E-state index in [1.54, 1.807) is 35.2 Å². The van der Waals surface area contributed by atoms with Gasteiger partial charge in [-0.1, -0.05) is 30.3 Å². The van der Waals surface area contributed by atoms with Crippen LogP contribution >= 0.6 is 0 Å². The number of carbonyl (C=O) groups excluding carboxylic acids is 2. The third-order valence-electron chi connectivity index (χ3n) is 8.32. The molecule has 0 bridgehead atoms. The highest BCUT2D eigenvalue weighted by Gasteiger charge is 2.44. The van der Waals surface area contributed by atoms with Crippen LogP contribution in [-0.4, -0.2) is 73.0 Å². The summed E-state index contributed by atoms with van der Waals surface area (Å²) in [6.45, 7) is 9.04. The Morgan fingerprint density at radius 1 is 1.12 bits per heavy atom. The number of nitrogens with zero attached hydrogens (tertiary/aromatic N) is 2. The van der Waals surface area contributed by atoms with Crippen LogP contribution in [-0.2, 0) is 20.8 Å². The van der Waals surface area contributed by atoms with Gasteiger partial charge in [0.15, 0.2) is 9.84 Å². The van der Waals surface area contributed by atoms with Crippen molar-refractivity contribution in [1.29, 1.82) is 0 Å². The molecule has 0 radical (unpaired) electrons. The van der Waals surface area contributed by atoms with E-state index in [1.807, 2.05) is 6.08 Å². The van der Waals surface area contributed by atoms with Crippen LogP contribution in [0, 0.1) is 5.92 Å². The van der Waals surface area contributed by atoms with Crippen molar-refractivity contribution in [1.82, 2.24) is 15.1 Å². The Bertz CT molecular complexity index is 1380. The molecule has 2 aliphatic rings. The topological polar surface area (TPSA) is 86.8 Å². The highest BCUT2D eigenvalue weighted by molar-refractivity contribution is 7.91. The second-order valence-electron chi connectivity index (χ2n) is 11.4. The summed E-state index contributed by atoms with van der Waals surface area (Å²) in [6, 6.07) is 11.4. The van der Waals surface area contributed by atoms with Gasteiger partial charge in [-0.05, 0) is 75.8 Å². The number of benzene rings is 2. The maximum absolute atomic E-state index is 13.6. The Hall–Kier alpha value is -3.18. The largest absolute Gasteiger partial charge is 0.416 e. The average molecular weight is 606 g/mol. The van der Waals surface area contributed by atoms with Gasteiger partial charge in [0.1, 0.15) is 6.04 Å². The van der Waals surface area contributed by atoms with Crippen molar-refractivity contribution in [3.63, 3.8) is 0 Å². The van der Waals surface area contributed by atoms with Crippen LogP contribution in [0.3, 0.4) is 0 Å². The third-order valence-corrected chi connectivity index (χ3v) is 10.2. The van der Waals surface area contributed by atoms with E-state index >= 15 is 0 Å². The molecule has 2 amide bonds. The maximum atomic E-state index is 13.6. The summed E-state index contributed by atoms with van der Waals surface area (Å²) >= 11 is 0. The van der Waals surface area contributed by atoms with E-state index in [0.29, 0.717) is 25.9 Å². The van der Waals surface area contributed by atoms with E-state index < -0.39 is 33.5 Å². The molecule has 0 spiro atoms. The molecule has 2 aromatic carbocycles. The molecule has 1 heterocycles. The predicted molar refractivity (Wildman–Crippen MR) is 154 cm³/mol. The number of sulfone groups is 1. The second kappa shape index (κ2) is 13.0. The minimum atomic E-state index is -4.60. The molecule has 1 aliphatic carbocycles. The molecular weight excluding hydrogens is 567 g/mol. The van der Waals surface area contributed by atoms with E-state index in [1.165, 1.54) is 6.07 Å². The van der Waals surface area contributed by atoms with Crippen LogP contribution in [0.25, 0.3) is 0 Å². The fourth-order valence-electron chi connectivity index (χ4n) is 6.29. The molecule has 1 saturated carbocycles. The van der Waals surface area contributed by atoms with Crippen LogP contribution in [0.5, 0.6) is 0 Å². The molecule has 7 nitrogen and oxygen atoms in total. The van der Waals surface area contributed by atoms with Crippen LogP contribution < -0.4 is 5.32 Å². The number of carbonyl (C=O) groups is 2. The van der Waals surface area contributed by atoms with Gasteiger partial charge in [0.25, 0.3) is 5.91 Å². The van der Waals surface area contributed by atoms with E-state index in [2.05, 4.69) is 30.6 Å². The number of nitrogens with one attached hydrogen (secondary N) is 1. The number of halogens is 3. The van der Waals surface area contributed by atoms with Crippen molar-refractivity contribution in [2.45, 2.75) is 74.8 Å². The Morgan fingerprint density at radius 3 is 2.48 bits per heavy atom. The summed E-state index contributed by atoms with van der Waals surface area (Å²) in [5.74, 6) is -1.57. The monoisotopic (exact) mass is 605 g/mol. The summed E-state index contributed by atoms with van der Waals surface area (Å²) in [5.41, 5.74) is -1.12. The first-order valence-corrected chi connectivity index (χ1v) is 15.9. The van der Waals surface area contributed by atoms with Crippen molar-refractivity contribution >= 4 is 21.7 Å². The number of hydrogen-bond donors (Lipinski definition) is 1. The first kappa shape index (κ1) is 31.7. The fraction of sp³-hybridized carbons (Fsp3) is 0.484. The first-order chi connectivity index (χ1) is 19.8. The van der Waals surface area contributed by atoms with Gasteiger partial charge in [0, 0.05) is 36.8 Å². The number of alkyl halides is 3. The summed E-state index contributed by atoms with van der Waals surface area (Å²) in [4.78, 5) is 30.6. The van der Waals surface area contributed by atoms with Crippen LogP contribution in [0.4, 0.5) is 13.2 Å². The summed E-state index contributed by atoms with van der Waals surface area (Å²) in [6.07, 6.45) is -0.530. The second-order valence-corrected chi connectivity index (χ2v) is 13.4. The molecule has 11 heteroatoms. The molecule has 0 aromatic heterocycles. The Balaban J connectivity index is 1.53. The van der Waals surface area contributed by atoms with Gasteiger partial charge in [0.05, 0.1) is 16.2 Å². The van der Waals surface area contributed by atoms with Gasteiger partial charge >= 0.3 is 6.18 Å². The average Bonchev–Trinajstić information content (AvgIpc) is 3.30. The van der Waals surface area contributed by atoms with E-state index in [9.17, 15) is 31.2 Å². The third kappa shape index (κ3) is 7.23. The number of rotatable bonds is 10. The normalized spacial score (nSPS) is 23.4. The molecule has 0 unspecified atom stereocenters. The lowest BCUT2D eigenvalue weighted by Crippen LogP contribution is -2.53. The Morgan fingerprint density at radius 2 is 1.83 bits per heavy atom. The van der Waals surface area contributed by atoms with Gasteiger partial charge in [-0.3, -0.25) is 14.5 Å². The zero-order chi connectivity index (χ0) is 30.7. The zero-order valence-corrected chi connectivity index (χ0v) is 24.7. The zero-order valence-electron chi connectivity index (χ0n) is 23.9.